The van der Waals surface area contributed by atoms with Crippen molar-refractivity contribution in [2.24, 2.45) is 10.2 Å². The third-order valence-electron chi connectivity index (χ3n) is 3.70. The number of amides is 1. The average Bonchev–Trinajstić information content (AvgIpc) is 2.55. The lowest BCUT2D eigenvalue weighted by atomic mass is 10.0. The third-order valence-corrected chi connectivity index (χ3v) is 3.70. The van der Waals surface area contributed by atoms with E-state index in [2.05, 4.69) is 15.5 Å². The van der Waals surface area contributed by atoms with Crippen LogP contribution < -0.4 is 11.1 Å². The van der Waals surface area contributed by atoms with E-state index in [0.717, 1.165) is 10.9 Å². The predicted octanol–water partition coefficient (Wildman–Crippen LogP) is 4.81. The van der Waals surface area contributed by atoms with Gasteiger partial charge >= 0.3 is 0 Å². The number of nitrogens with one attached hydrogen (secondary N) is 1. The molecule has 0 aliphatic carbocycles. The zero-order valence-corrected chi connectivity index (χ0v) is 13.9. The zero-order valence-electron chi connectivity index (χ0n) is 13.9. The summed E-state index contributed by atoms with van der Waals surface area (Å²) < 4.78 is 0. The highest BCUT2D eigenvalue weighted by Crippen LogP contribution is 2.39. The molecule has 0 saturated carbocycles. The Morgan fingerprint density at radius 3 is 2.48 bits per heavy atom. The number of phenolic OH excluding ortho intramolecular Hbond substituents is 1. The molecule has 126 valence electrons. The number of anilines is 2. The van der Waals surface area contributed by atoms with E-state index in [1.807, 2.05) is 19.1 Å². The van der Waals surface area contributed by atoms with Crippen LogP contribution in [0.1, 0.15) is 12.5 Å². The van der Waals surface area contributed by atoms with Gasteiger partial charge in [-0.2, -0.15) is 5.11 Å². The normalized spacial score (nSPS) is 11.1. The SMILES string of the molecule is CC(=O)Nc1ccc(/N=N/c2c(N)ccc3cc(C)cc(O)c23)cc1. The van der Waals surface area contributed by atoms with E-state index in [0.29, 0.717) is 28.1 Å². The van der Waals surface area contributed by atoms with Crippen LogP contribution in [0, 0.1) is 6.92 Å². The van der Waals surface area contributed by atoms with Gasteiger partial charge in [-0.05, 0) is 54.3 Å². The van der Waals surface area contributed by atoms with E-state index >= 15 is 0 Å². The standard InChI is InChI=1S/C19H18N4O2/c1-11-9-13-3-8-16(20)19(18(13)17(25)10-11)23-22-15-6-4-14(5-7-15)21-12(2)24/h3-10,25H,20H2,1-2H3,(H,21,24)/b23-22+. The maximum absolute atomic E-state index is 11.0. The first-order valence-corrected chi connectivity index (χ1v) is 7.75. The van der Waals surface area contributed by atoms with Crippen LogP contribution >= 0.6 is 0 Å². The maximum Gasteiger partial charge on any atom is 0.221 e. The molecule has 0 saturated heterocycles. The van der Waals surface area contributed by atoms with Crippen LogP contribution in [0.3, 0.4) is 0 Å². The van der Waals surface area contributed by atoms with Crippen molar-refractivity contribution in [3.8, 4) is 5.75 Å². The van der Waals surface area contributed by atoms with Crippen molar-refractivity contribution < 1.29 is 9.90 Å². The number of rotatable bonds is 3. The minimum Gasteiger partial charge on any atom is -0.507 e. The smallest absolute Gasteiger partial charge is 0.221 e. The van der Waals surface area contributed by atoms with Crippen LogP contribution in [0.5, 0.6) is 5.75 Å². The van der Waals surface area contributed by atoms with Crippen LogP contribution in [0.15, 0.2) is 58.8 Å². The Hall–Kier alpha value is -3.41. The Bertz CT molecular complexity index is 979. The topological polar surface area (TPSA) is 100 Å². The van der Waals surface area contributed by atoms with Crippen molar-refractivity contribution in [3.05, 3.63) is 54.1 Å². The van der Waals surface area contributed by atoms with Crippen LogP contribution in [-0.4, -0.2) is 11.0 Å². The quantitative estimate of drug-likeness (QED) is 0.473. The fraction of sp³-hybridized carbons (Fsp3) is 0.105. The molecular formula is C19H18N4O2. The summed E-state index contributed by atoms with van der Waals surface area (Å²) in [6.45, 7) is 3.36. The summed E-state index contributed by atoms with van der Waals surface area (Å²) in [4.78, 5) is 11.0. The maximum atomic E-state index is 11.0. The molecule has 0 radical (unpaired) electrons. The highest BCUT2D eigenvalue weighted by atomic mass is 16.3. The molecule has 25 heavy (non-hydrogen) atoms. The van der Waals surface area contributed by atoms with Crippen molar-refractivity contribution in [3.63, 3.8) is 0 Å². The molecule has 0 aliphatic rings. The van der Waals surface area contributed by atoms with Crippen molar-refractivity contribution in [2.75, 3.05) is 11.1 Å². The van der Waals surface area contributed by atoms with Gasteiger partial charge in [0.15, 0.2) is 0 Å². The molecule has 0 heterocycles. The van der Waals surface area contributed by atoms with Gasteiger partial charge in [-0.3, -0.25) is 4.79 Å². The lowest BCUT2D eigenvalue weighted by Crippen LogP contribution is -2.04. The Morgan fingerprint density at radius 2 is 1.80 bits per heavy atom. The number of hydrogen-bond donors (Lipinski definition) is 3. The van der Waals surface area contributed by atoms with E-state index in [1.165, 1.54) is 6.92 Å². The fourth-order valence-electron chi connectivity index (χ4n) is 2.62. The predicted molar refractivity (Wildman–Crippen MR) is 99.7 cm³/mol. The van der Waals surface area contributed by atoms with Gasteiger partial charge in [0.2, 0.25) is 5.91 Å². The average molecular weight is 334 g/mol. The molecule has 3 aromatic rings. The van der Waals surface area contributed by atoms with Gasteiger partial charge < -0.3 is 16.2 Å². The van der Waals surface area contributed by atoms with Crippen molar-refractivity contribution in [1.82, 2.24) is 0 Å². The summed E-state index contributed by atoms with van der Waals surface area (Å²) in [6.07, 6.45) is 0. The number of nitrogens with zero attached hydrogens (tertiary/aromatic N) is 2. The molecule has 3 aromatic carbocycles. The number of carbonyl (C=O) groups excluding carboxylic acids is 1. The van der Waals surface area contributed by atoms with Crippen LogP contribution in [0.25, 0.3) is 10.8 Å². The molecule has 6 nitrogen and oxygen atoms in total. The van der Waals surface area contributed by atoms with E-state index in [9.17, 15) is 9.90 Å². The monoisotopic (exact) mass is 334 g/mol. The number of nitrogen functional groups attached to an aromatic ring is 1. The second-order valence-electron chi connectivity index (χ2n) is 5.81. The number of nitrogens with two attached hydrogens (primary N) is 1. The molecule has 6 heteroatoms. The summed E-state index contributed by atoms with van der Waals surface area (Å²) in [5.74, 6) is -0.0130. The van der Waals surface area contributed by atoms with E-state index < -0.39 is 0 Å². The first-order valence-electron chi connectivity index (χ1n) is 7.75. The molecule has 3 rings (SSSR count). The van der Waals surface area contributed by atoms with Crippen LogP contribution in [0.4, 0.5) is 22.7 Å². The lowest BCUT2D eigenvalue weighted by molar-refractivity contribution is -0.114. The minimum absolute atomic E-state index is 0.122. The van der Waals surface area contributed by atoms with Gasteiger partial charge in [0.25, 0.3) is 0 Å². The number of hydrogen-bond acceptors (Lipinski definition) is 5. The molecule has 0 aliphatic heterocycles. The van der Waals surface area contributed by atoms with Gasteiger partial charge in [0.1, 0.15) is 11.4 Å². The molecule has 4 N–H and O–H groups in total. The van der Waals surface area contributed by atoms with Gasteiger partial charge in [-0.1, -0.05) is 12.1 Å². The minimum atomic E-state index is -0.135. The second-order valence-corrected chi connectivity index (χ2v) is 5.81. The lowest BCUT2D eigenvalue weighted by Gasteiger charge is -2.08. The summed E-state index contributed by atoms with van der Waals surface area (Å²) in [6, 6.07) is 14.2. The molecular weight excluding hydrogens is 316 g/mol. The van der Waals surface area contributed by atoms with Gasteiger partial charge in [0, 0.05) is 12.6 Å². The molecule has 0 atom stereocenters. The second kappa shape index (κ2) is 6.60. The van der Waals surface area contributed by atoms with Crippen molar-refractivity contribution in [1.29, 1.82) is 0 Å². The number of fused-ring (bicyclic) bond motifs is 1. The number of phenols is 1. The number of aromatic hydroxyl groups is 1. The largest absolute Gasteiger partial charge is 0.507 e. The highest BCUT2D eigenvalue weighted by molar-refractivity contribution is 6.02. The Kier molecular flexibility index (Phi) is 4.35. The number of aryl methyl sites for hydroxylation is 1. The zero-order chi connectivity index (χ0) is 18.0. The van der Waals surface area contributed by atoms with Gasteiger partial charge in [0.05, 0.1) is 16.8 Å². The fourth-order valence-corrected chi connectivity index (χ4v) is 2.62. The first kappa shape index (κ1) is 16.4. The number of azo groups is 1. The van der Waals surface area contributed by atoms with Crippen LogP contribution in [0.2, 0.25) is 0 Å². The summed E-state index contributed by atoms with van der Waals surface area (Å²) in [5, 5.41) is 22.8. The summed E-state index contributed by atoms with van der Waals surface area (Å²) in [7, 11) is 0. The van der Waals surface area contributed by atoms with Gasteiger partial charge in [-0.25, -0.2) is 0 Å². The van der Waals surface area contributed by atoms with E-state index in [1.54, 1.807) is 36.4 Å². The Balaban J connectivity index is 1.98. The highest BCUT2D eigenvalue weighted by Gasteiger charge is 2.10. The number of carbonyl (C=O) groups is 1. The Labute approximate surface area is 145 Å². The molecule has 0 fully saturated rings. The third kappa shape index (κ3) is 3.58. The van der Waals surface area contributed by atoms with E-state index in [4.69, 9.17) is 5.73 Å². The first-order chi connectivity index (χ1) is 11.9. The van der Waals surface area contributed by atoms with Crippen molar-refractivity contribution in [2.45, 2.75) is 13.8 Å². The molecule has 0 unspecified atom stereocenters. The summed E-state index contributed by atoms with van der Waals surface area (Å²) in [5.41, 5.74) is 9.13. The Morgan fingerprint density at radius 1 is 1.08 bits per heavy atom. The molecule has 1 amide bonds. The molecule has 0 aromatic heterocycles. The number of benzene rings is 3. The van der Waals surface area contributed by atoms with Gasteiger partial charge in [-0.15, -0.1) is 5.11 Å². The van der Waals surface area contributed by atoms with E-state index in [-0.39, 0.29) is 11.7 Å². The van der Waals surface area contributed by atoms with Crippen molar-refractivity contribution >= 4 is 39.4 Å². The molecule has 0 bridgehead atoms. The molecule has 0 spiro atoms. The summed E-state index contributed by atoms with van der Waals surface area (Å²) >= 11 is 0. The van der Waals surface area contributed by atoms with Crippen LogP contribution in [-0.2, 0) is 4.79 Å².